The van der Waals surface area contributed by atoms with Crippen molar-refractivity contribution in [3.05, 3.63) is 71.8 Å². The van der Waals surface area contributed by atoms with Gasteiger partial charge in [0.2, 0.25) is 47.3 Å². The van der Waals surface area contributed by atoms with Crippen molar-refractivity contribution < 1.29 is 53.4 Å². The molecule has 0 saturated carbocycles. The Morgan fingerprint density at radius 2 is 1.07 bits per heavy atom. The van der Waals surface area contributed by atoms with Gasteiger partial charge in [0.05, 0.1) is 19.2 Å². The van der Waals surface area contributed by atoms with Crippen molar-refractivity contribution in [2.75, 3.05) is 45.9 Å². The minimum absolute atomic E-state index is 0.00289. The van der Waals surface area contributed by atoms with Crippen LogP contribution in [-0.2, 0) is 56.0 Å². The number of carboxylic acids is 1. The molecule has 0 spiro atoms. The number of carboxylic acid groups (broad SMARTS) is 1. The molecule has 26 nitrogen and oxygen atoms in total. The number of nitrogens with one attached hydrogen (secondary N) is 5. The number of benzene rings is 2. The molecule has 3 aliphatic rings. The topological polar surface area (TPSA) is 419 Å². The quantitative estimate of drug-likeness (QED) is 0.0231. The van der Waals surface area contributed by atoms with E-state index in [1.165, 1.54) is 14.7 Å². The molecule has 0 aliphatic carbocycles. The lowest BCUT2D eigenvalue weighted by Gasteiger charge is -2.33. The van der Waals surface area contributed by atoms with Crippen molar-refractivity contribution in [2.24, 2.45) is 38.7 Å². The van der Waals surface area contributed by atoms with Crippen LogP contribution in [-0.4, -0.2) is 184 Å². The molecular weight excluding hydrogens is 987 g/mol. The lowest BCUT2D eigenvalue weighted by atomic mass is 10.0. The van der Waals surface area contributed by atoms with Crippen molar-refractivity contribution >= 4 is 65.1 Å². The second-order valence-corrected chi connectivity index (χ2v) is 19.0. The fourth-order valence-corrected chi connectivity index (χ4v) is 9.54. The van der Waals surface area contributed by atoms with Crippen LogP contribution in [0.5, 0.6) is 0 Å². The van der Waals surface area contributed by atoms with Gasteiger partial charge in [0, 0.05) is 45.6 Å². The number of aliphatic hydroxyl groups is 1. The highest BCUT2D eigenvalue weighted by Gasteiger charge is 2.44. The van der Waals surface area contributed by atoms with Gasteiger partial charge in [-0.2, -0.15) is 0 Å². The number of aliphatic carboxylic acids is 1. The molecule has 17 N–H and O–H groups in total. The number of carbonyl (C=O) groups excluding carboxylic acids is 8. The average Bonchev–Trinajstić information content (AvgIpc) is 4.22. The normalized spacial score (nSPS) is 19.0. The van der Waals surface area contributed by atoms with E-state index in [-0.39, 0.29) is 83.2 Å². The molecule has 2 aromatic rings. The predicted octanol–water partition coefficient (Wildman–Crippen LogP) is -3.99. The lowest BCUT2D eigenvalue weighted by Crippen LogP contribution is -2.59. The largest absolute Gasteiger partial charge is 0.480 e. The minimum Gasteiger partial charge on any atom is -0.480 e. The monoisotopic (exact) mass is 1060 g/mol. The molecule has 0 unspecified atom stereocenters. The van der Waals surface area contributed by atoms with Gasteiger partial charge in [-0.1, -0.05) is 60.7 Å². The highest BCUT2D eigenvalue weighted by Crippen LogP contribution is 2.26. The number of hydrogen-bond acceptors (Lipinski definition) is 13. The van der Waals surface area contributed by atoms with Crippen molar-refractivity contribution in [2.45, 2.75) is 125 Å². The number of hydrogen-bond donors (Lipinski definition) is 12. The molecule has 3 aliphatic heterocycles. The first-order valence-corrected chi connectivity index (χ1v) is 25.6. The number of amides is 8. The van der Waals surface area contributed by atoms with Crippen molar-refractivity contribution in [1.82, 2.24) is 41.3 Å². The van der Waals surface area contributed by atoms with E-state index in [9.17, 15) is 53.4 Å². The molecule has 0 bridgehead atoms. The van der Waals surface area contributed by atoms with Gasteiger partial charge in [-0.05, 0) is 75.3 Å². The first kappa shape index (κ1) is 59.0. The SMILES string of the molecule is NC(N)=NCCC[C@H](NC(=O)[C@@H](N)CCCN=C(N)N)C(=O)N1CCC[C@H]1C(=O)N1CCC[C@H]1C(=O)NCC(=O)N[C@@H](Cc1ccccc1)C(=O)N[C@@H](CO)C(=O)N1CCC[C@H]1C(=O)N[C@@H](Cc1ccccc1)C(=O)O. The van der Waals surface area contributed by atoms with Crippen LogP contribution in [0.3, 0.4) is 0 Å². The van der Waals surface area contributed by atoms with Crippen LogP contribution in [0.2, 0.25) is 0 Å². The zero-order valence-electron chi connectivity index (χ0n) is 42.5. The maximum atomic E-state index is 14.3. The predicted molar refractivity (Wildman–Crippen MR) is 278 cm³/mol. The summed E-state index contributed by atoms with van der Waals surface area (Å²) in [5.41, 5.74) is 29.2. The molecular formula is C50H73N15O11. The highest BCUT2D eigenvalue weighted by molar-refractivity contribution is 5.98. The van der Waals surface area contributed by atoms with Gasteiger partial charge in [-0.3, -0.25) is 48.3 Å². The zero-order chi connectivity index (χ0) is 55.3. The Hall–Kier alpha value is -7.87. The summed E-state index contributed by atoms with van der Waals surface area (Å²) in [6, 6.07) is 8.05. The summed E-state index contributed by atoms with van der Waals surface area (Å²) in [5.74, 6) is -6.88. The first-order valence-electron chi connectivity index (χ1n) is 25.6. The van der Waals surface area contributed by atoms with Gasteiger partial charge < -0.3 is 80.2 Å². The van der Waals surface area contributed by atoms with E-state index < -0.39 is 115 Å². The molecule has 3 saturated heterocycles. The molecule has 2 aromatic carbocycles. The smallest absolute Gasteiger partial charge is 0.326 e. The maximum Gasteiger partial charge on any atom is 0.326 e. The fourth-order valence-electron chi connectivity index (χ4n) is 9.54. The second kappa shape index (κ2) is 29.3. The fraction of sp³-hybridized carbons (Fsp3) is 0.540. The molecule has 0 radical (unpaired) electrons. The van der Waals surface area contributed by atoms with E-state index >= 15 is 0 Å². The Morgan fingerprint density at radius 1 is 0.579 bits per heavy atom. The average molecular weight is 1060 g/mol. The molecule has 8 atom stereocenters. The van der Waals surface area contributed by atoms with Crippen LogP contribution in [0, 0.1) is 0 Å². The molecule has 8 amide bonds. The van der Waals surface area contributed by atoms with Gasteiger partial charge in [0.15, 0.2) is 11.9 Å². The van der Waals surface area contributed by atoms with Crippen LogP contribution in [0.1, 0.15) is 75.3 Å². The van der Waals surface area contributed by atoms with Crippen LogP contribution < -0.4 is 55.3 Å². The summed E-state index contributed by atoms with van der Waals surface area (Å²) in [7, 11) is 0. The number of guanidine groups is 2. The van der Waals surface area contributed by atoms with E-state index in [0.29, 0.717) is 49.7 Å². The van der Waals surface area contributed by atoms with Crippen LogP contribution in [0.15, 0.2) is 70.6 Å². The van der Waals surface area contributed by atoms with E-state index in [2.05, 4.69) is 36.6 Å². The van der Waals surface area contributed by atoms with Gasteiger partial charge in [0.25, 0.3) is 0 Å². The molecule has 3 fully saturated rings. The second-order valence-electron chi connectivity index (χ2n) is 19.0. The molecule has 76 heavy (non-hydrogen) atoms. The molecule has 26 heteroatoms. The Balaban J connectivity index is 1.20. The van der Waals surface area contributed by atoms with Gasteiger partial charge in [-0.25, -0.2) is 4.79 Å². The van der Waals surface area contributed by atoms with E-state index in [0.717, 1.165) is 0 Å². The lowest BCUT2D eigenvalue weighted by molar-refractivity contribution is -0.148. The van der Waals surface area contributed by atoms with E-state index in [1.807, 2.05) is 0 Å². The van der Waals surface area contributed by atoms with Crippen LogP contribution >= 0.6 is 0 Å². The molecule has 414 valence electrons. The number of nitrogens with two attached hydrogens (primary N) is 5. The number of nitrogens with zero attached hydrogens (tertiary/aromatic N) is 5. The molecule has 5 rings (SSSR count). The van der Waals surface area contributed by atoms with Crippen molar-refractivity contribution in [3.63, 3.8) is 0 Å². The van der Waals surface area contributed by atoms with Gasteiger partial charge >= 0.3 is 5.97 Å². The summed E-state index contributed by atoms with van der Waals surface area (Å²) in [5, 5.41) is 33.2. The number of aliphatic imine (C=N–C) groups is 2. The van der Waals surface area contributed by atoms with Crippen molar-refractivity contribution in [3.8, 4) is 0 Å². The standard InChI is InChI=1S/C50H73N15O11/c51-32(16-7-21-56-49(52)53)41(68)60-33(17-8-22-57-50(54)55)45(72)65-25-11-20-39(65)47(74)64-24-9-18-37(64)43(70)58-28-40(67)59-34(26-30-12-3-1-4-13-30)42(69)62-36(29-66)46(73)63-23-10-19-38(63)44(71)61-35(48(75)76)27-31-14-5-2-6-15-31/h1-6,12-15,32-39,66H,7-11,16-29,51H2,(H,58,70)(H,59,67)(H,60,68)(H,61,71)(H,62,69)(H,75,76)(H4,52,53,56)(H4,54,55,57)/t32-,33-,34-,35-,36-,37-,38-,39-/m0/s1. The van der Waals surface area contributed by atoms with E-state index in [4.69, 9.17) is 28.7 Å². The minimum atomic E-state index is -1.55. The number of aliphatic hydroxyl groups excluding tert-OH is 1. The summed E-state index contributed by atoms with van der Waals surface area (Å²) in [6.45, 7) is -0.579. The summed E-state index contributed by atoms with van der Waals surface area (Å²) in [4.78, 5) is 134. The van der Waals surface area contributed by atoms with Gasteiger partial charge in [0.1, 0.15) is 42.3 Å². The summed E-state index contributed by atoms with van der Waals surface area (Å²) >= 11 is 0. The summed E-state index contributed by atoms with van der Waals surface area (Å²) in [6.07, 6.45) is 3.05. The molecule has 3 heterocycles. The van der Waals surface area contributed by atoms with Crippen LogP contribution in [0.4, 0.5) is 0 Å². The third kappa shape index (κ3) is 17.4. The van der Waals surface area contributed by atoms with Crippen molar-refractivity contribution in [1.29, 1.82) is 0 Å². The first-order chi connectivity index (χ1) is 36.4. The zero-order valence-corrected chi connectivity index (χ0v) is 42.5. The van der Waals surface area contributed by atoms with Crippen LogP contribution in [0.25, 0.3) is 0 Å². The van der Waals surface area contributed by atoms with E-state index in [1.54, 1.807) is 60.7 Å². The Bertz CT molecular complexity index is 2400. The number of rotatable bonds is 27. The Labute approximate surface area is 440 Å². The Morgan fingerprint density at radius 3 is 1.62 bits per heavy atom. The number of carbonyl (C=O) groups is 9. The Kier molecular flexibility index (Phi) is 22.7. The third-order valence-corrected chi connectivity index (χ3v) is 13.4. The van der Waals surface area contributed by atoms with Gasteiger partial charge in [-0.15, -0.1) is 0 Å². The highest BCUT2D eigenvalue weighted by atomic mass is 16.4. The number of likely N-dealkylation sites (tertiary alicyclic amines) is 3. The molecule has 0 aromatic heterocycles. The third-order valence-electron chi connectivity index (χ3n) is 13.4. The summed E-state index contributed by atoms with van der Waals surface area (Å²) < 4.78 is 0. The maximum absolute atomic E-state index is 14.3.